The lowest BCUT2D eigenvalue weighted by molar-refractivity contribution is -0.200. The molecule has 0 N–H and O–H groups in total. The van der Waals surface area contributed by atoms with Crippen molar-refractivity contribution in [2.45, 2.75) is 63.3 Å². The normalized spacial score (nSPS) is 26.6. The van der Waals surface area contributed by atoms with Crippen molar-refractivity contribution >= 4 is 0 Å². The van der Waals surface area contributed by atoms with Crippen LogP contribution in [0.15, 0.2) is 91.2 Å². The molecule has 3 fully saturated rings. The molecule has 6 nitrogen and oxygen atoms in total. The van der Waals surface area contributed by atoms with Crippen LogP contribution in [0.25, 0.3) is 22.3 Å². The fourth-order valence-electron chi connectivity index (χ4n) is 6.84. The first-order chi connectivity index (χ1) is 21.3. The number of allylic oxidation sites excluding steroid dienone is 1. The lowest BCUT2D eigenvalue weighted by Gasteiger charge is -2.39. The van der Waals surface area contributed by atoms with Crippen LogP contribution in [0.4, 0.5) is 0 Å². The second-order valence-electron chi connectivity index (χ2n) is 11.8. The van der Waals surface area contributed by atoms with Crippen molar-refractivity contribution in [3.8, 4) is 22.3 Å². The molecule has 2 aliphatic heterocycles. The Bertz CT molecular complexity index is 1270. The zero-order valence-corrected chi connectivity index (χ0v) is 25.3. The van der Waals surface area contributed by atoms with Gasteiger partial charge in [-0.05, 0) is 59.6 Å². The van der Waals surface area contributed by atoms with Crippen molar-refractivity contribution in [1.82, 2.24) is 4.90 Å². The number of morpholine rings is 1. The topological polar surface area (TPSA) is 49.4 Å². The molecule has 0 spiro atoms. The van der Waals surface area contributed by atoms with Gasteiger partial charge in [-0.2, -0.15) is 0 Å². The maximum Gasteiger partial charge on any atom is 0.158 e. The molecule has 3 aromatic carbocycles. The zero-order valence-electron chi connectivity index (χ0n) is 25.3. The second kappa shape index (κ2) is 15.1. The quantitative estimate of drug-likeness (QED) is 0.225. The third-order valence-electron chi connectivity index (χ3n) is 9.08. The molecule has 3 aliphatic rings. The van der Waals surface area contributed by atoms with Crippen LogP contribution in [-0.4, -0.2) is 69.5 Å². The van der Waals surface area contributed by atoms with Gasteiger partial charge in [0, 0.05) is 38.1 Å². The van der Waals surface area contributed by atoms with Gasteiger partial charge in [0.25, 0.3) is 0 Å². The van der Waals surface area contributed by atoms with Crippen LogP contribution in [0.5, 0.6) is 0 Å². The van der Waals surface area contributed by atoms with Crippen molar-refractivity contribution in [3.05, 3.63) is 96.8 Å². The highest BCUT2D eigenvalue weighted by atomic mass is 16.7. The summed E-state index contributed by atoms with van der Waals surface area (Å²) in [4.78, 5) is 2.56. The van der Waals surface area contributed by atoms with E-state index in [0.29, 0.717) is 12.5 Å². The summed E-state index contributed by atoms with van der Waals surface area (Å²) in [6.07, 6.45) is 8.92. The average Bonchev–Trinajstić information content (AvgIpc) is 3.42. The van der Waals surface area contributed by atoms with Crippen LogP contribution in [-0.2, 0) is 30.3 Å². The standard InChI is InChI=1S/C37H45NO5/c1-39-22-7-10-33-34(26-35(43-36-11-5-6-23-41-36)37(33)38-20-24-40-25-21-38)42-27-28-12-14-30(15-13-28)32-18-16-31(17-19-32)29-8-3-2-4-9-29/h2-4,7-9,12-19,22,33-37H,5-6,10-11,20-21,23-27H2,1H3/t33-,34-,35+,36?,37+/m0/s1. The van der Waals surface area contributed by atoms with E-state index in [4.69, 9.17) is 23.7 Å². The summed E-state index contributed by atoms with van der Waals surface area (Å²) in [5, 5.41) is 0. The maximum atomic E-state index is 6.73. The van der Waals surface area contributed by atoms with Crippen molar-refractivity contribution in [3.63, 3.8) is 0 Å². The van der Waals surface area contributed by atoms with Crippen LogP contribution < -0.4 is 0 Å². The summed E-state index contributed by atoms with van der Waals surface area (Å²) in [5.41, 5.74) is 6.07. The lowest BCUT2D eigenvalue weighted by atomic mass is 9.95. The van der Waals surface area contributed by atoms with Crippen LogP contribution in [0, 0.1) is 5.92 Å². The molecular formula is C37H45NO5. The minimum atomic E-state index is -0.120. The molecule has 1 unspecified atom stereocenters. The van der Waals surface area contributed by atoms with E-state index >= 15 is 0 Å². The molecule has 6 heteroatoms. The molecule has 2 heterocycles. The lowest BCUT2D eigenvalue weighted by Crippen LogP contribution is -2.51. The number of benzene rings is 3. The Morgan fingerprint density at radius 1 is 0.791 bits per heavy atom. The monoisotopic (exact) mass is 583 g/mol. The largest absolute Gasteiger partial charge is 0.505 e. The van der Waals surface area contributed by atoms with E-state index in [2.05, 4.69) is 89.8 Å². The van der Waals surface area contributed by atoms with Gasteiger partial charge in [0.2, 0.25) is 0 Å². The SMILES string of the molecule is COC=CC[C@@H]1[C@@H](N2CCOCC2)[C@H](OC2CCCCO2)C[C@@H]1OCc1ccc(-c2ccc(-c3ccccc3)cc2)cc1. The molecule has 228 valence electrons. The van der Waals surface area contributed by atoms with Crippen molar-refractivity contribution < 1.29 is 23.7 Å². The molecule has 1 aliphatic carbocycles. The molecule has 0 amide bonds. The summed E-state index contributed by atoms with van der Waals surface area (Å²) in [5.74, 6) is 0.292. The fraction of sp³-hybridized carbons (Fsp3) is 0.459. The van der Waals surface area contributed by atoms with Gasteiger partial charge in [0.15, 0.2) is 6.29 Å². The number of ether oxygens (including phenoxy) is 5. The third-order valence-corrected chi connectivity index (χ3v) is 9.08. The van der Waals surface area contributed by atoms with Crippen LogP contribution in [0.2, 0.25) is 0 Å². The van der Waals surface area contributed by atoms with Gasteiger partial charge >= 0.3 is 0 Å². The molecule has 0 aromatic heterocycles. The first-order valence-corrected chi connectivity index (χ1v) is 15.9. The van der Waals surface area contributed by atoms with Crippen LogP contribution in [0.1, 0.15) is 37.7 Å². The Labute approximate surface area is 256 Å². The van der Waals surface area contributed by atoms with E-state index in [1.54, 1.807) is 13.4 Å². The molecule has 0 bridgehead atoms. The van der Waals surface area contributed by atoms with Crippen molar-refractivity contribution in [2.75, 3.05) is 40.0 Å². The smallest absolute Gasteiger partial charge is 0.158 e. The van der Waals surface area contributed by atoms with E-state index in [9.17, 15) is 0 Å². The summed E-state index contributed by atoms with van der Waals surface area (Å²) >= 11 is 0. The minimum Gasteiger partial charge on any atom is -0.505 e. The van der Waals surface area contributed by atoms with Crippen molar-refractivity contribution in [1.29, 1.82) is 0 Å². The number of hydrogen-bond acceptors (Lipinski definition) is 6. The molecule has 6 rings (SSSR count). The molecule has 0 radical (unpaired) electrons. The highest BCUT2D eigenvalue weighted by Gasteiger charge is 2.48. The van der Waals surface area contributed by atoms with E-state index in [0.717, 1.165) is 65.0 Å². The summed E-state index contributed by atoms with van der Waals surface area (Å²) in [7, 11) is 1.70. The second-order valence-corrected chi connectivity index (χ2v) is 11.8. The summed E-state index contributed by atoms with van der Waals surface area (Å²) in [6.45, 7) is 4.72. The van der Waals surface area contributed by atoms with Gasteiger partial charge in [-0.1, -0.05) is 78.9 Å². The highest BCUT2D eigenvalue weighted by Crippen LogP contribution is 2.39. The van der Waals surface area contributed by atoms with Gasteiger partial charge < -0.3 is 23.7 Å². The summed E-state index contributed by atoms with van der Waals surface area (Å²) in [6, 6.07) is 28.3. The number of nitrogens with zero attached hydrogens (tertiary/aromatic N) is 1. The summed E-state index contributed by atoms with van der Waals surface area (Å²) < 4.78 is 30.4. The van der Waals surface area contributed by atoms with E-state index in [1.165, 1.54) is 27.8 Å². The van der Waals surface area contributed by atoms with Gasteiger partial charge in [0.1, 0.15) is 0 Å². The Kier molecular flexibility index (Phi) is 10.6. The minimum absolute atomic E-state index is 0.0633. The molecule has 3 aromatic rings. The maximum absolute atomic E-state index is 6.73. The van der Waals surface area contributed by atoms with Crippen molar-refractivity contribution in [2.24, 2.45) is 5.92 Å². The molecule has 43 heavy (non-hydrogen) atoms. The first-order valence-electron chi connectivity index (χ1n) is 15.9. The molecule has 2 saturated heterocycles. The number of hydrogen-bond donors (Lipinski definition) is 0. The Balaban J connectivity index is 1.13. The average molecular weight is 584 g/mol. The number of methoxy groups -OCH3 is 1. The van der Waals surface area contributed by atoms with E-state index in [1.807, 2.05) is 0 Å². The highest BCUT2D eigenvalue weighted by molar-refractivity contribution is 5.70. The molecular weight excluding hydrogens is 538 g/mol. The van der Waals surface area contributed by atoms with Gasteiger partial charge in [-0.3, -0.25) is 4.90 Å². The predicted octanol–water partition coefficient (Wildman–Crippen LogP) is 7.09. The van der Waals surface area contributed by atoms with Crippen LogP contribution >= 0.6 is 0 Å². The van der Waals surface area contributed by atoms with E-state index in [-0.39, 0.29) is 24.5 Å². The van der Waals surface area contributed by atoms with Crippen LogP contribution in [0.3, 0.4) is 0 Å². The fourth-order valence-corrected chi connectivity index (χ4v) is 6.84. The Hall–Kier alpha value is -3.00. The van der Waals surface area contributed by atoms with E-state index < -0.39 is 0 Å². The molecule has 1 saturated carbocycles. The third kappa shape index (κ3) is 7.75. The molecule has 5 atom stereocenters. The predicted molar refractivity (Wildman–Crippen MR) is 169 cm³/mol. The zero-order chi connectivity index (χ0) is 29.3. The van der Waals surface area contributed by atoms with Gasteiger partial charge in [-0.25, -0.2) is 0 Å². The van der Waals surface area contributed by atoms with Gasteiger partial charge in [0.05, 0.1) is 45.4 Å². The number of rotatable bonds is 11. The first kappa shape index (κ1) is 30.0. The Morgan fingerprint density at radius 3 is 2.12 bits per heavy atom. The Morgan fingerprint density at radius 2 is 1.47 bits per heavy atom. The van der Waals surface area contributed by atoms with Gasteiger partial charge in [-0.15, -0.1) is 0 Å².